The summed E-state index contributed by atoms with van der Waals surface area (Å²) in [6.07, 6.45) is 3.57. The lowest BCUT2D eigenvalue weighted by Crippen LogP contribution is -2.36. The number of pyridine rings is 1. The number of aromatic nitrogens is 1. The van der Waals surface area contributed by atoms with Crippen molar-refractivity contribution in [3.8, 4) is 0 Å². The summed E-state index contributed by atoms with van der Waals surface area (Å²) in [4.78, 5) is 19.3. The van der Waals surface area contributed by atoms with E-state index >= 15 is 0 Å². The van der Waals surface area contributed by atoms with Crippen molar-refractivity contribution in [1.82, 2.24) is 14.8 Å². The molecule has 1 rings (SSSR count). The Morgan fingerprint density at radius 2 is 2.16 bits per heavy atom. The van der Waals surface area contributed by atoms with E-state index in [4.69, 9.17) is 5.11 Å². The Labute approximate surface area is 114 Å². The number of carboxylic acids is 1. The van der Waals surface area contributed by atoms with Crippen LogP contribution in [0.25, 0.3) is 0 Å². The first-order chi connectivity index (χ1) is 8.99. The lowest BCUT2D eigenvalue weighted by Gasteiger charge is -2.25. The van der Waals surface area contributed by atoms with Crippen molar-refractivity contribution in [1.29, 1.82) is 0 Å². The normalized spacial score (nSPS) is 12.9. The van der Waals surface area contributed by atoms with Gasteiger partial charge in [0.2, 0.25) is 0 Å². The highest BCUT2D eigenvalue weighted by Gasteiger charge is 2.16. The molecule has 0 amide bonds. The third-order valence-corrected chi connectivity index (χ3v) is 2.95. The summed E-state index contributed by atoms with van der Waals surface area (Å²) in [5.74, 6) is -1.11. The second kappa shape index (κ2) is 7.86. The van der Waals surface area contributed by atoms with Crippen LogP contribution in [0.15, 0.2) is 24.5 Å². The number of aliphatic carboxylic acids is 1. The highest BCUT2D eigenvalue weighted by Crippen LogP contribution is 2.07. The fourth-order valence-corrected chi connectivity index (χ4v) is 1.79. The Balaban J connectivity index is 2.60. The van der Waals surface area contributed by atoms with E-state index in [0.29, 0.717) is 6.54 Å². The molecule has 1 aromatic rings. The number of nitrogens with zero attached hydrogens (tertiary/aromatic N) is 3. The molecule has 0 aliphatic heterocycles. The Hall–Kier alpha value is -1.46. The number of rotatable bonds is 8. The smallest absolute Gasteiger partial charge is 0.307 e. The molecule has 0 radical (unpaired) electrons. The van der Waals surface area contributed by atoms with Crippen LogP contribution in [0.2, 0.25) is 0 Å². The molecule has 106 valence electrons. The lowest BCUT2D eigenvalue weighted by atomic mass is 10.1. The van der Waals surface area contributed by atoms with E-state index in [0.717, 1.165) is 25.2 Å². The third-order valence-electron chi connectivity index (χ3n) is 2.95. The average molecular weight is 265 g/mol. The zero-order valence-electron chi connectivity index (χ0n) is 11.9. The van der Waals surface area contributed by atoms with Gasteiger partial charge in [0.05, 0.1) is 5.92 Å². The molecule has 5 nitrogen and oxygen atoms in total. The predicted molar refractivity (Wildman–Crippen MR) is 74.9 cm³/mol. The first kappa shape index (κ1) is 15.6. The maximum atomic E-state index is 11.0. The van der Waals surface area contributed by atoms with E-state index in [1.54, 1.807) is 13.1 Å². The minimum absolute atomic E-state index is 0.362. The van der Waals surface area contributed by atoms with Crippen LogP contribution in [0.4, 0.5) is 0 Å². The lowest BCUT2D eigenvalue weighted by molar-refractivity contribution is -0.141. The van der Waals surface area contributed by atoms with E-state index in [9.17, 15) is 4.79 Å². The van der Waals surface area contributed by atoms with Crippen molar-refractivity contribution in [2.75, 3.05) is 33.7 Å². The summed E-state index contributed by atoms with van der Waals surface area (Å²) in [7, 11) is 4.03. The fourth-order valence-electron chi connectivity index (χ4n) is 1.79. The molecule has 1 atom stereocenters. The molecular weight excluding hydrogens is 242 g/mol. The molecule has 0 aromatic carbocycles. The van der Waals surface area contributed by atoms with Crippen molar-refractivity contribution in [3.63, 3.8) is 0 Å². The van der Waals surface area contributed by atoms with Gasteiger partial charge < -0.3 is 10.0 Å². The Morgan fingerprint density at radius 1 is 1.42 bits per heavy atom. The van der Waals surface area contributed by atoms with Gasteiger partial charge in [-0.05, 0) is 25.7 Å². The second-order valence-electron chi connectivity index (χ2n) is 5.14. The molecule has 5 heteroatoms. The van der Waals surface area contributed by atoms with Gasteiger partial charge in [0.15, 0.2) is 0 Å². The molecule has 1 aromatic heterocycles. The quantitative estimate of drug-likeness (QED) is 0.764. The highest BCUT2D eigenvalue weighted by atomic mass is 16.4. The minimum atomic E-state index is -0.749. The summed E-state index contributed by atoms with van der Waals surface area (Å²) in [5, 5.41) is 9.02. The molecule has 0 fully saturated rings. The molecule has 1 heterocycles. The zero-order valence-corrected chi connectivity index (χ0v) is 11.9. The van der Waals surface area contributed by atoms with E-state index in [-0.39, 0.29) is 5.92 Å². The van der Waals surface area contributed by atoms with Gasteiger partial charge in [-0.25, -0.2) is 0 Å². The monoisotopic (exact) mass is 265 g/mol. The first-order valence-electron chi connectivity index (χ1n) is 6.48. The molecule has 19 heavy (non-hydrogen) atoms. The maximum Gasteiger partial charge on any atom is 0.307 e. The molecule has 0 saturated heterocycles. The van der Waals surface area contributed by atoms with Gasteiger partial charge in [0.1, 0.15) is 0 Å². The molecular formula is C14H23N3O2. The number of likely N-dealkylation sites (N-methyl/N-ethyl adjacent to an activating group) is 1. The van der Waals surface area contributed by atoms with Crippen LogP contribution >= 0.6 is 0 Å². The minimum Gasteiger partial charge on any atom is -0.481 e. The van der Waals surface area contributed by atoms with Gasteiger partial charge in [-0.2, -0.15) is 0 Å². The van der Waals surface area contributed by atoms with E-state index in [1.807, 2.05) is 32.4 Å². The topological polar surface area (TPSA) is 56.7 Å². The van der Waals surface area contributed by atoms with E-state index in [1.165, 1.54) is 0 Å². The molecule has 0 aliphatic rings. The molecule has 0 bridgehead atoms. The number of hydrogen-bond acceptors (Lipinski definition) is 4. The van der Waals surface area contributed by atoms with Crippen molar-refractivity contribution in [3.05, 3.63) is 30.1 Å². The average Bonchev–Trinajstić information content (AvgIpc) is 2.37. The number of carboxylic acid groups (broad SMARTS) is 1. The first-order valence-corrected chi connectivity index (χ1v) is 6.48. The molecule has 1 N–H and O–H groups in total. The van der Waals surface area contributed by atoms with Gasteiger partial charge in [-0.3, -0.25) is 14.7 Å². The summed E-state index contributed by atoms with van der Waals surface area (Å²) < 4.78 is 0. The summed E-state index contributed by atoms with van der Waals surface area (Å²) >= 11 is 0. The molecule has 0 saturated carbocycles. The Bertz CT molecular complexity index is 382. The third kappa shape index (κ3) is 6.31. The second-order valence-corrected chi connectivity index (χ2v) is 5.14. The van der Waals surface area contributed by atoms with Crippen molar-refractivity contribution in [2.24, 2.45) is 5.92 Å². The Kier molecular flexibility index (Phi) is 6.45. The number of hydrogen-bond donors (Lipinski definition) is 1. The van der Waals surface area contributed by atoms with Gasteiger partial charge >= 0.3 is 5.97 Å². The van der Waals surface area contributed by atoms with Gasteiger partial charge in [0, 0.05) is 38.6 Å². The van der Waals surface area contributed by atoms with Gasteiger partial charge in [-0.1, -0.05) is 13.0 Å². The van der Waals surface area contributed by atoms with Gasteiger partial charge in [0.25, 0.3) is 0 Å². The predicted octanol–water partition coefficient (Wildman–Crippen LogP) is 1.17. The van der Waals surface area contributed by atoms with Crippen LogP contribution in [0.3, 0.4) is 0 Å². The number of carbonyl (C=O) groups is 1. The van der Waals surface area contributed by atoms with E-state index < -0.39 is 5.97 Å². The largest absolute Gasteiger partial charge is 0.481 e. The standard InChI is InChI=1S/C14H23N3O2/c1-12(14(18)19)10-17(8-7-16(2)3)11-13-5-4-6-15-9-13/h4-6,9,12H,7-8,10-11H2,1-3H3,(H,18,19). The Morgan fingerprint density at radius 3 is 2.68 bits per heavy atom. The SMILES string of the molecule is CC(CN(CCN(C)C)Cc1cccnc1)C(=O)O. The van der Waals surface area contributed by atoms with Gasteiger partial charge in [-0.15, -0.1) is 0 Å². The van der Waals surface area contributed by atoms with Crippen LogP contribution < -0.4 is 0 Å². The summed E-state index contributed by atoms with van der Waals surface area (Å²) in [5.41, 5.74) is 1.11. The summed E-state index contributed by atoms with van der Waals surface area (Å²) in [6, 6.07) is 3.92. The summed E-state index contributed by atoms with van der Waals surface area (Å²) in [6.45, 7) is 4.79. The van der Waals surface area contributed by atoms with Crippen LogP contribution in [0, 0.1) is 5.92 Å². The van der Waals surface area contributed by atoms with Crippen LogP contribution in [0.1, 0.15) is 12.5 Å². The van der Waals surface area contributed by atoms with Crippen LogP contribution in [-0.4, -0.2) is 59.6 Å². The van der Waals surface area contributed by atoms with Crippen LogP contribution in [0.5, 0.6) is 0 Å². The highest BCUT2D eigenvalue weighted by molar-refractivity contribution is 5.69. The van der Waals surface area contributed by atoms with Crippen molar-refractivity contribution >= 4 is 5.97 Å². The molecule has 0 aliphatic carbocycles. The van der Waals surface area contributed by atoms with Crippen molar-refractivity contribution < 1.29 is 9.90 Å². The van der Waals surface area contributed by atoms with Crippen LogP contribution in [-0.2, 0) is 11.3 Å². The van der Waals surface area contributed by atoms with Crippen molar-refractivity contribution in [2.45, 2.75) is 13.5 Å². The fraction of sp³-hybridized carbons (Fsp3) is 0.571. The zero-order chi connectivity index (χ0) is 14.3. The van der Waals surface area contributed by atoms with E-state index in [2.05, 4.69) is 14.8 Å². The molecule has 0 spiro atoms. The molecule has 1 unspecified atom stereocenters. The maximum absolute atomic E-state index is 11.0.